The molecule has 0 bridgehead atoms. The molecule has 1 aliphatic rings. The molecule has 21 heavy (non-hydrogen) atoms. The first-order valence-corrected chi connectivity index (χ1v) is 7.33. The van der Waals surface area contributed by atoms with E-state index in [1.807, 2.05) is 0 Å². The van der Waals surface area contributed by atoms with Gasteiger partial charge < -0.3 is 10.6 Å². The number of nitrogens with one attached hydrogen (secondary N) is 2. The van der Waals surface area contributed by atoms with Crippen LogP contribution in [-0.4, -0.2) is 33.5 Å². The fourth-order valence-corrected chi connectivity index (χ4v) is 3.07. The van der Waals surface area contributed by atoms with Crippen molar-refractivity contribution in [1.82, 2.24) is 19.7 Å². The molecule has 3 heterocycles. The van der Waals surface area contributed by atoms with Crippen molar-refractivity contribution < 1.29 is 13.2 Å². The highest BCUT2D eigenvalue weighted by Gasteiger charge is 2.37. The number of nitrogens with zero attached hydrogens (tertiary/aromatic N) is 3. The van der Waals surface area contributed by atoms with Gasteiger partial charge in [0.25, 0.3) is 0 Å². The molecule has 1 atom stereocenters. The Morgan fingerprint density at radius 3 is 2.90 bits per heavy atom. The number of aromatic nitrogens is 3. The van der Waals surface area contributed by atoms with Crippen molar-refractivity contribution in [2.45, 2.75) is 25.1 Å². The van der Waals surface area contributed by atoms with E-state index >= 15 is 0 Å². The average molecular weight is 364 g/mol. The third kappa shape index (κ3) is 2.84. The van der Waals surface area contributed by atoms with Crippen LogP contribution in [0.5, 0.6) is 0 Å². The molecule has 0 saturated carbocycles. The summed E-state index contributed by atoms with van der Waals surface area (Å²) in [6.45, 7) is 1.72. The van der Waals surface area contributed by atoms with Gasteiger partial charge in [-0.1, -0.05) is 0 Å². The van der Waals surface area contributed by atoms with Gasteiger partial charge >= 0.3 is 6.18 Å². The molecule has 1 fully saturated rings. The zero-order valence-corrected chi connectivity index (χ0v) is 12.5. The summed E-state index contributed by atoms with van der Waals surface area (Å²) in [5, 5.41) is 6.41. The van der Waals surface area contributed by atoms with Crippen LogP contribution >= 0.6 is 15.9 Å². The molecule has 0 aliphatic carbocycles. The molecular weight excluding hydrogens is 351 g/mol. The van der Waals surface area contributed by atoms with Gasteiger partial charge in [0.2, 0.25) is 0 Å². The molecule has 3 rings (SSSR count). The van der Waals surface area contributed by atoms with Crippen molar-refractivity contribution in [2.24, 2.45) is 0 Å². The van der Waals surface area contributed by atoms with Gasteiger partial charge in [-0.15, -0.1) is 0 Å². The molecule has 1 aliphatic heterocycles. The number of imidazole rings is 1. The van der Waals surface area contributed by atoms with Crippen LogP contribution in [-0.2, 0) is 6.18 Å². The van der Waals surface area contributed by atoms with E-state index in [9.17, 15) is 13.2 Å². The molecule has 2 aromatic heterocycles. The molecule has 114 valence electrons. The predicted molar refractivity (Wildman–Crippen MR) is 75.2 cm³/mol. The van der Waals surface area contributed by atoms with E-state index in [0.29, 0.717) is 5.82 Å². The number of anilines is 1. The van der Waals surface area contributed by atoms with Gasteiger partial charge in [-0.2, -0.15) is 13.2 Å². The number of rotatable bonds is 2. The Labute approximate surface area is 127 Å². The van der Waals surface area contributed by atoms with E-state index in [4.69, 9.17) is 0 Å². The van der Waals surface area contributed by atoms with Gasteiger partial charge in [-0.05, 0) is 35.3 Å². The van der Waals surface area contributed by atoms with Crippen LogP contribution < -0.4 is 10.6 Å². The number of fused-ring (bicyclic) bond motifs is 1. The Bertz CT molecular complexity index is 648. The van der Waals surface area contributed by atoms with E-state index in [0.717, 1.165) is 30.3 Å². The van der Waals surface area contributed by atoms with E-state index in [1.54, 1.807) is 0 Å². The number of halogens is 4. The van der Waals surface area contributed by atoms with Crippen molar-refractivity contribution >= 4 is 27.4 Å². The molecule has 1 saturated heterocycles. The van der Waals surface area contributed by atoms with Gasteiger partial charge in [0, 0.05) is 25.0 Å². The molecule has 5 nitrogen and oxygen atoms in total. The highest BCUT2D eigenvalue weighted by Crippen LogP contribution is 2.35. The van der Waals surface area contributed by atoms with Crippen molar-refractivity contribution in [1.29, 1.82) is 0 Å². The van der Waals surface area contributed by atoms with Gasteiger partial charge in [-0.3, -0.25) is 4.40 Å². The zero-order valence-electron chi connectivity index (χ0n) is 10.9. The highest BCUT2D eigenvalue weighted by atomic mass is 79.9. The standard InChI is InChI=1S/C12H13BrF3N5/c13-9-8(12(14,15)16)21-5-4-18-11(21)10(20-9)19-7-2-1-3-17-6-7/h4-5,7,17H,1-3,6H2,(H,19,20). The summed E-state index contributed by atoms with van der Waals surface area (Å²) in [5.41, 5.74) is -0.682. The van der Waals surface area contributed by atoms with Crippen LogP contribution in [0, 0.1) is 0 Å². The third-order valence-electron chi connectivity index (χ3n) is 3.41. The van der Waals surface area contributed by atoms with E-state index < -0.39 is 11.9 Å². The van der Waals surface area contributed by atoms with E-state index in [2.05, 4.69) is 36.5 Å². The third-order valence-corrected chi connectivity index (χ3v) is 3.96. The number of alkyl halides is 3. The molecule has 0 aromatic carbocycles. The van der Waals surface area contributed by atoms with Crippen molar-refractivity contribution in [3.63, 3.8) is 0 Å². The Hall–Kier alpha value is -1.35. The maximum Gasteiger partial charge on any atom is 0.434 e. The first-order chi connectivity index (χ1) is 9.97. The predicted octanol–water partition coefficient (Wildman–Crippen LogP) is 2.67. The van der Waals surface area contributed by atoms with Crippen LogP contribution in [0.2, 0.25) is 0 Å². The summed E-state index contributed by atoms with van der Waals surface area (Å²) in [5.74, 6) is 0.355. The van der Waals surface area contributed by atoms with Gasteiger partial charge in [-0.25, -0.2) is 9.97 Å². The van der Waals surface area contributed by atoms with E-state index in [1.165, 1.54) is 12.4 Å². The molecule has 2 N–H and O–H groups in total. The minimum Gasteiger partial charge on any atom is -0.363 e. The lowest BCUT2D eigenvalue weighted by Gasteiger charge is -2.25. The summed E-state index contributed by atoms with van der Waals surface area (Å²) < 4.78 is 40.1. The summed E-state index contributed by atoms with van der Waals surface area (Å²) in [6.07, 6.45) is 0.0813. The summed E-state index contributed by atoms with van der Waals surface area (Å²) >= 11 is 2.92. The second kappa shape index (κ2) is 5.45. The second-order valence-electron chi connectivity index (χ2n) is 4.91. The van der Waals surface area contributed by atoms with Gasteiger partial charge in [0.05, 0.1) is 0 Å². The van der Waals surface area contributed by atoms with Crippen LogP contribution in [0.15, 0.2) is 17.0 Å². The van der Waals surface area contributed by atoms with Crippen LogP contribution in [0.1, 0.15) is 18.5 Å². The zero-order chi connectivity index (χ0) is 15.0. The smallest absolute Gasteiger partial charge is 0.363 e. The van der Waals surface area contributed by atoms with Crippen LogP contribution in [0.25, 0.3) is 5.65 Å². The molecule has 0 amide bonds. The van der Waals surface area contributed by atoms with Gasteiger partial charge in [0.15, 0.2) is 17.2 Å². The lowest BCUT2D eigenvalue weighted by molar-refractivity contribution is -0.142. The quantitative estimate of drug-likeness (QED) is 0.861. The summed E-state index contributed by atoms with van der Waals surface area (Å²) in [4.78, 5) is 8.00. The molecular formula is C12H13BrF3N5. The minimum absolute atomic E-state index is 0.135. The Morgan fingerprint density at radius 2 is 2.24 bits per heavy atom. The summed E-state index contributed by atoms with van der Waals surface area (Å²) in [6, 6.07) is 0.135. The lowest BCUT2D eigenvalue weighted by Crippen LogP contribution is -2.38. The van der Waals surface area contributed by atoms with Crippen LogP contribution in [0.3, 0.4) is 0 Å². The second-order valence-corrected chi connectivity index (χ2v) is 5.66. The van der Waals surface area contributed by atoms with E-state index in [-0.39, 0.29) is 16.3 Å². The Kier molecular flexibility index (Phi) is 3.78. The SMILES string of the molecule is FC(F)(F)c1c(Br)nc(NC2CCCNC2)c2nccn12. The molecule has 2 aromatic rings. The van der Waals surface area contributed by atoms with Crippen molar-refractivity contribution in [3.8, 4) is 0 Å². The maximum atomic E-state index is 13.1. The number of hydrogen-bond donors (Lipinski definition) is 2. The fraction of sp³-hybridized carbons (Fsp3) is 0.500. The lowest BCUT2D eigenvalue weighted by atomic mass is 10.1. The first kappa shape index (κ1) is 14.6. The van der Waals surface area contributed by atoms with Crippen molar-refractivity contribution in [3.05, 3.63) is 22.7 Å². The Balaban J connectivity index is 2.02. The average Bonchev–Trinajstić information content (AvgIpc) is 2.87. The minimum atomic E-state index is -4.50. The van der Waals surface area contributed by atoms with Gasteiger partial charge in [0.1, 0.15) is 4.60 Å². The normalized spacial score (nSPS) is 19.9. The molecule has 9 heteroatoms. The van der Waals surface area contributed by atoms with Crippen molar-refractivity contribution in [2.75, 3.05) is 18.4 Å². The Morgan fingerprint density at radius 1 is 1.43 bits per heavy atom. The first-order valence-electron chi connectivity index (χ1n) is 6.54. The molecule has 0 spiro atoms. The monoisotopic (exact) mass is 363 g/mol. The maximum absolute atomic E-state index is 13.1. The number of hydrogen-bond acceptors (Lipinski definition) is 4. The fourth-order valence-electron chi connectivity index (χ4n) is 2.48. The number of piperidine rings is 1. The van der Waals surface area contributed by atoms with Crippen LogP contribution in [0.4, 0.5) is 19.0 Å². The largest absolute Gasteiger partial charge is 0.434 e. The topological polar surface area (TPSA) is 54.2 Å². The molecule has 0 radical (unpaired) electrons. The summed E-state index contributed by atoms with van der Waals surface area (Å²) in [7, 11) is 0. The highest BCUT2D eigenvalue weighted by molar-refractivity contribution is 9.10. The molecule has 1 unspecified atom stereocenters.